The number of imidazole rings is 1. The van der Waals surface area contributed by atoms with Crippen molar-refractivity contribution >= 4 is 46.4 Å². The summed E-state index contributed by atoms with van der Waals surface area (Å²) in [5, 5.41) is 2.36. The Balaban J connectivity index is 1.87. The fourth-order valence-electron chi connectivity index (χ4n) is 3.68. The molecular formula is C22H25Cl2N3S. The summed E-state index contributed by atoms with van der Waals surface area (Å²) < 4.78 is 2.23. The van der Waals surface area contributed by atoms with Crippen molar-refractivity contribution in [1.82, 2.24) is 9.38 Å². The molecule has 1 aliphatic rings. The summed E-state index contributed by atoms with van der Waals surface area (Å²) in [6.45, 7) is 6.69. The Morgan fingerprint density at radius 2 is 2.00 bits per heavy atom. The maximum Gasteiger partial charge on any atom is 0.147 e. The van der Waals surface area contributed by atoms with Gasteiger partial charge < -0.3 is 4.90 Å². The first-order chi connectivity index (χ1) is 13.5. The maximum atomic E-state index is 6.52. The second-order valence-electron chi connectivity index (χ2n) is 7.93. The van der Waals surface area contributed by atoms with Crippen molar-refractivity contribution in [2.75, 3.05) is 24.2 Å². The van der Waals surface area contributed by atoms with E-state index >= 15 is 0 Å². The van der Waals surface area contributed by atoms with E-state index in [-0.39, 0.29) is 0 Å². The SMILES string of the molecule is CSc1nc2c(-c3ccc(Cl)cc3Cl)cccn2c1N(CC(C)C)CC1CC1. The Morgan fingerprint density at radius 1 is 1.21 bits per heavy atom. The number of hydrogen-bond donors (Lipinski definition) is 0. The molecule has 1 fully saturated rings. The molecule has 1 aromatic carbocycles. The molecular weight excluding hydrogens is 409 g/mol. The molecule has 3 aromatic rings. The van der Waals surface area contributed by atoms with Gasteiger partial charge in [0.15, 0.2) is 0 Å². The van der Waals surface area contributed by atoms with Crippen LogP contribution in [0.2, 0.25) is 10.0 Å². The number of halogens is 2. The van der Waals surface area contributed by atoms with Gasteiger partial charge in [0.05, 0.1) is 5.02 Å². The molecule has 28 heavy (non-hydrogen) atoms. The zero-order valence-electron chi connectivity index (χ0n) is 16.5. The first kappa shape index (κ1) is 19.9. The van der Waals surface area contributed by atoms with Crippen molar-refractivity contribution in [3.63, 3.8) is 0 Å². The number of hydrogen-bond acceptors (Lipinski definition) is 3. The molecule has 0 saturated heterocycles. The number of aromatic nitrogens is 2. The number of nitrogens with zero attached hydrogens (tertiary/aromatic N) is 3. The van der Waals surface area contributed by atoms with E-state index in [0.29, 0.717) is 16.0 Å². The van der Waals surface area contributed by atoms with Gasteiger partial charge in [0.2, 0.25) is 0 Å². The molecule has 0 N–H and O–H groups in total. The molecule has 6 heteroatoms. The summed E-state index contributed by atoms with van der Waals surface area (Å²) in [6, 6.07) is 9.80. The molecule has 1 aliphatic carbocycles. The lowest BCUT2D eigenvalue weighted by molar-refractivity contribution is 0.585. The van der Waals surface area contributed by atoms with Gasteiger partial charge in [0, 0.05) is 35.4 Å². The average Bonchev–Trinajstić information content (AvgIpc) is 3.37. The predicted molar refractivity (Wildman–Crippen MR) is 122 cm³/mol. The number of rotatable bonds is 7. The molecule has 2 heterocycles. The van der Waals surface area contributed by atoms with E-state index in [4.69, 9.17) is 28.2 Å². The Bertz CT molecular complexity index is 991. The van der Waals surface area contributed by atoms with Gasteiger partial charge in [-0.3, -0.25) is 4.40 Å². The van der Waals surface area contributed by atoms with Crippen molar-refractivity contribution in [2.24, 2.45) is 11.8 Å². The lowest BCUT2D eigenvalue weighted by Crippen LogP contribution is -2.31. The van der Waals surface area contributed by atoms with Crippen molar-refractivity contribution in [3.8, 4) is 11.1 Å². The molecule has 0 radical (unpaired) electrons. The van der Waals surface area contributed by atoms with Gasteiger partial charge in [0.25, 0.3) is 0 Å². The molecule has 0 unspecified atom stereocenters. The molecule has 148 valence electrons. The third-order valence-corrected chi connectivity index (χ3v) is 6.28. The smallest absolute Gasteiger partial charge is 0.147 e. The highest BCUT2D eigenvalue weighted by molar-refractivity contribution is 7.98. The summed E-state index contributed by atoms with van der Waals surface area (Å²) in [6.07, 6.45) is 6.90. The zero-order chi connectivity index (χ0) is 19.8. The second-order valence-corrected chi connectivity index (χ2v) is 9.57. The van der Waals surface area contributed by atoms with Gasteiger partial charge in [-0.1, -0.05) is 43.1 Å². The predicted octanol–water partition coefficient (Wildman–Crippen LogP) is 6.90. The molecule has 4 rings (SSSR count). The Kier molecular flexibility index (Phi) is 5.82. The van der Waals surface area contributed by atoms with Crippen LogP contribution in [0.25, 0.3) is 16.8 Å². The summed E-state index contributed by atoms with van der Waals surface area (Å²) >= 11 is 14.3. The third kappa shape index (κ3) is 4.00. The number of thioether (sulfide) groups is 1. The minimum Gasteiger partial charge on any atom is -0.355 e. The van der Waals surface area contributed by atoms with E-state index < -0.39 is 0 Å². The fraction of sp³-hybridized carbons (Fsp3) is 0.409. The molecule has 0 aliphatic heterocycles. The van der Waals surface area contributed by atoms with Crippen LogP contribution in [0.4, 0.5) is 5.82 Å². The van der Waals surface area contributed by atoms with E-state index in [1.807, 2.05) is 12.1 Å². The van der Waals surface area contributed by atoms with Crippen molar-refractivity contribution in [3.05, 3.63) is 46.6 Å². The monoisotopic (exact) mass is 433 g/mol. The zero-order valence-corrected chi connectivity index (χ0v) is 18.8. The van der Waals surface area contributed by atoms with Crippen molar-refractivity contribution in [2.45, 2.75) is 31.7 Å². The minimum absolute atomic E-state index is 0.591. The molecule has 1 saturated carbocycles. The van der Waals surface area contributed by atoms with E-state index in [0.717, 1.165) is 40.8 Å². The highest BCUT2D eigenvalue weighted by Crippen LogP contribution is 2.39. The van der Waals surface area contributed by atoms with E-state index in [1.54, 1.807) is 17.8 Å². The Hall–Kier alpha value is -1.36. The Labute approximate surface area is 181 Å². The van der Waals surface area contributed by atoms with Gasteiger partial charge in [-0.2, -0.15) is 0 Å². The molecule has 0 amide bonds. The van der Waals surface area contributed by atoms with Crippen LogP contribution in [-0.2, 0) is 0 Å². The van der Waals surface area contributed by atoms with Gasteiger partial charge in [-0.25, -0.2) is 4.98 Å². The topological polar surface area (TPSA) is 20.5 Å². The van der Waals surface area contributed by atoms with E-state index in [1.165, 1.54) is 18.7 Å². The summed E-state index contributed by atoms with van der Waals surface area (Å²) in [5.74, 6) is 2.61. The van der Waals surface area contributed by atoms with Crippen molar-refractivity contribution < 1.29 is 0 Å². The van der Waals surface area contributed by atoms with Gasteiger partial charge in [0.1, 0.15) is 16.5 Å². The van der Waals surface area contributed by atoms with Gasteiger partial charge in [-0.05, 0) is 55.2 Å². The van der Waals surface area contributed by atoms with Crippen LogP contribution in [0.15, 0.2) is 41.6 Å². The lowest BCUT2D eigenvalue weighted by atomic mass is 10.1. The molecule has 3 nitrogen and oxygen atoms in total. The number of benzene rings is 1. The van der Waals surface area contributed by atoms with Crippen LogP contribution in [0.5, 0.6) is 0 Å². The average molecular weight is 434 g/mol. The van der Waals surface area contributed by atoms with Crippen LogP contribution in [0.1, 0.15) is 26.7 Å². The lowest BCUT2D eigenvalue weighted by Gasteiger charge is -2.27. The van der Waals surface area contributed by atoms with Crippen LogP contribution < -0.4 is 4.90 Å². The van der Waals surface area contributed by atoms with Crippen LogP contribution in [0.3, 0.4) is 0 Å². The summed E-state index contributed by atoms with van der Waals surface area (Å²) in [7, 11) is 0. The molecule has 0 bridgehead atoms. The first-order valence-corrected chi connectivity index (χ1v) is 11.7. The maximum absolute atomic E-state index is 6.52. The van der Waals surface area contributed by atoms with Crippen LogP contribution in [-0.4, -0.2) is 28.7 Å². The standard InChI is InChI=1S/C22H25Cl2N3S/c1-14(2)12-26(13-15-6-7-15)22-21(28-3)25-20-18(5-4-10-27(20)22)17-9-8-16(23)11-19(17)24/h4-5,8-11,14-15H,6-7,12-13H2,1-3H3. The highest BCUT2D eigenvalue weighted by Gasteiger charge is 2.28. The number of fused-ring (bicyclic) bond motifs is 1. The largest absolute Gasteiger partial charge is 0.355 e. The molecule has 0 atom stereocenters. The van der Waals surface area contributed by atoms with Crippen molar-refractivity contribution in [1.29, 1.82) is 0 Å². The van der Waals surface area contributed by atoms with Crippen LogP contribution in [0, 0.1) is 11.8 Å². The molecule has 2 aromatic heterocycles. The fourth-order valence-corrected chi connectivity index (χ4v) is 4.78. The van der Waals surface area contributed by atoms with E-state index in [9.17, 15) is 0 Å². The quantitative estimate of drug-likeness (QED) is 0.377. The van der Waals surface area contributed by atoms with Gasteiger partial charge in [-0.15, -0.1) is 11.8 Å². The number of pyridine rings is 1. The van der Waals surface area contributed by atoms with Crippen LogP contribution >= 0.6 is 35.0 Å². The second kappa shape index (κ2) is 8.17. The summed E-state index contributed by atoms with van der Waals surface area (Å²) in [5.41, 5.74) is 2.93. The normalized spacial score (nSPS) is 14.2. The molecule has 0 spiro atoms. The first-order valence-electron chi connectivity index (χ1n) is 9.73. The third-order valence-electron chi connectivity index (χ3n) is 5.07. The van der Waals surface area contributed by atoms with E-state index in [2.05, 4.69) is 47.7 Å². The minimum atomic E-state index is 0.591. The Morgan fingerprint density at radius 3 is 2.64 bits per heavy atom. The number of anilines is 1. The highest BCUT2D eigenvalue weighted by atomic mass is 35.5. The summed E-state index contributed by atoms with van der Waals surface area (Å²) in [4.78, 5) is 7.55. The van der Waals surface area contributed by atoms with Gasteiger partial charge >= 0.3 is 0 Å².